The van der Waals surface area contributed by atoms with Crippen molar-refractivity contribution in [2.24, 2.45) is 5.92 Å². The third kappa shape index (κ3) is 8.26. The molecule has 0 unspecified atom stereocenters. The highest BCUT2D eigenvalue weighted by atomic mass is 16.6. The highest BCUT2D eigenvalue weighted by Gasteiger charge is 2.21. The summed E-state index contributed by atoms with van der Waals surface area (Å²) in [7, 11) is 0. The Balaban J connectivity index is 1.72. The minimum absolute atomic E-state index is 0.0284. The Labute approximate surface area is 175 Å². The molecule has 158 valence electrons. The van der Waals surface area contributed by atoms with Crippen molar-refractivity contribution >= 4 is 18.0 Å². The first-order valence-electron chi connectivity index (χ1n) is 10.8. The molecular weight excluding hydrogens is 364 g/mol. The summed E-state index contributed by atoms with van der Waals surface area (Å²) in [5.41, 5.74) is 2.69. The van der Waals surface area contributed by atoms with Crippen molar-refractivity contribution in [1.29, 1.82) is 0 Å². The number of hydrogen-bond acceptors (Lipinski definition) is 4. The number of benzene rings is 1. The van der Waals surface area contributed by atoms with Gasteiger partial charge < -0.3 is 9.47 Å². The first-order chi connectivity index (χ1) is 14.0. The van der Waals surface area contributed by atoms with Crippen LogP contribution in [0, 0.1) is 5.92 Å². The van der Waals surface area contributed by atoms with Crippen LogP contribution in [-0.2, 0) is 19.1 Å². The maximum atomic E-state index is 11.7. The number of hydrogen-bond donors (Lipinski definition) is 0. The fourth-order valence-electron chi connectivity index (χ4n) is 3.77. The Morgan fingerprint density at radius 3 is 2.34 bits per heavy atom. The fraction of sp³-hybridized carbons (Fsp3) is 0.520. The molecule has 1 aromatic carbocycles. The third-order valence-electron chi connectivity index (χ3n) is 5.54. The predicted molar refractivity (Wildman–Crippen MR) is 116 cm³/mol. The molecule has 0 aromatic heterocycles. The van der Waals surface area contributed by atoms with E-state index in [1.165, 1.54) is 56.6 Å². The zero-order chi connectivity index (χ0) is 21.1. The smallest absolute Gasteiger partial charge is 0.333 e. The first kappa shape index (κ1) is 22.9. The van der Waals surface area contributed by atoms with Gasteiger partial charge in [0.2, 0.25) is 0 Å². The molecule has 0 radical (unpaired) electrons. The Morgan fingerprint density at radius 1 is 1.07 bits per heavy atom. The van der Waals surface area contributed by atoms with Crippen molar-refractivity contribution in [1.82, 2.24) is 0 Å². The van der Waals surface area contributed by atoms with Crippen molar-refractivity contribution in [3.05, 3.63) is 53.6 Å². The molecule has 0 amide bonds. The van der Waals surface area contributed by atoms with Crippen LogP contribution in [0.4, 0.5) is 0 Å². The zero-order valence-corrected chi connectivity index (χ0v) is 17.8. The number of carbonyl (C=O) groups is 2. The molecule has 0 spiro atoms. The van der Waals surface area contributed by atoms with Gasteiger partial charge in [0.25, 0.3) is 0 Å². The molecule has 0 heterocycles. The highest BCUT2D eigenvalue weighted by molar-refractivity contribution is 5.87. The molecule has 0 saturated heterocycles. The fourth-order valence-corrected chi connectivity index (χ4v) is 3.77. The van der Waals surface area contributed by atoms with E-state index in [1.807, 2.05) is 0 Å². The molecule has 29 heavy (non-hydrogen) atoms. The van der Waals surface area contributed by atoms with Crippen molar-refractivity contribution in [2.45, 2.75) is 64.7 Å². The number of esters is 2. The molecule has 1 aromatic rings. The van der Waals surface area contributed by atoms with Crippen LogP contribution >= 0.6 is 0 Å². The highest BCUT2D eigenvalue weighted by Crippen LogP contribution is 2.37. The quantitative estimate of drug-likeness (QED) is 0.283. The lowest BCUT2D eigenvalue weighted by molar-refractivity contribution is -0.146. The van der Waals surface area contributed by atoms with E-state index >= 15 is 0 Å². The van der Waals surface area contributed by atoms with Crippen LogP contribution < -0.4 is 0 Å². The van der Waals surface area contributed by atoms with E-state index in [0.717, 1.165) is 11.5 Å². The second kappa shape index (κ2) is 12.3. The van der Waals surface area contributed by atoms with E-state index in [9.17, 15) is 9.59 Å². The third-order valence-corrected chi connectivity index (χ3v) is 5.54. The van der Waals surface area contributed by atoms with Gasteiger partial charge in [-0.1, -0.05) is 57.0 Å². The minimum atomic E-state index is -0.480. The average Bonchev–Trinajstić information content (AvgIpc) is 2.74. The molecular formula is C25H34O4. The molecule has 4 nitrogen and oxygen atoms in total. The molecule has 1 saturated carbocycles. The molecule has 0 atom stereocenters. The number of carbonyl (C=O) groups excluding carboxylic acids is 2. The normalized spacial score (nSPS) is 19.1. The van der Waals surface area contributed by atoms with Crippen LogP contribution in [0.15, 0.2) is 42.5 Å². The van der Waals surface area contributed by atoms with Crippen molar-refractivity contribution in [3.8, 4) is 0 Å². The maximum Gasteiger partial charge on any atom is 0.333 e. The average molecular weight is 399 g/mol. The topological polar surface area (TPSA) is 52.6 Å². The summed E-state index contributed by atoms with van der Waals surface area (Å²) < 4.78 is 9.89. The van der Waals surface area contributed by atoms with Gasteiger partial charge in [0.15, 0.2) is 0 Å². The lowest BCUT2D eigenvalue weighted by Crippen LogP contribution is -2.13. The van der Waals surface area contributed by atoms with Crippen molar-refractivity contribution < 1.29 is 19.1 Å². The van der Waals surface area contributed by atoms with Crippen LogP contribution in [-0.4, -0.2) is 25.2 Å². The Morgan fingerprint density at radius 2 is 1.72 bits per heavy atom. The first-order valence-corrected chi connectivity index (χ1v) is 10.8. The van der Waals surface area contributed by atoms with Gasteiger partial charge in [-0.15, -0.1) is 0 Å². The van der Waals surface area contributed by atoms with Gasteiger partial charge in [-0.05, 0) is 61.6 Å². The molecule has 4 heteroatoms. The van der Waals surface area contributed by atoms with Crippen molar-refractivity contribution in [3.63, 3.8) is 0 Å². The van der Waals surface area contributed by atoms with E-state index in [0.29, 0.717) is 11.5 Å². The second-order valence-corrected chi connectivity index (χ2v) is 7.94. The van der Waals surface area contributed by atoms with E-state index in [-0.39, 0.29) is 13.2 Å². The molecule has 2 rings (SSSR count). The van der Waals surface area contributed by atoms with Crippen LogP contribution in [0.3, 0.4) is 0 Å². The maximum absolute atomic E-state index is 11.7. The van der Waals surface area contributed by atoms with Crippen molar-refractivity contribution in [2.75, 3.05) is 13.2 Å². The monoisotopic (exact) mass is 398 g/mol. The molecule has 0 N–H and O–H groups in total. The van der Waals surface area contributed by atoms with Crippen LogP contribution in [0.1, 0.15) is 75.8 Å². The van der Waals surface area contributed by atoms with Gasteiger partial charge in [0.05, 0.1) is 0 Å². The standard InChI is InChI=1S/C25H34O4/c1-4-5-6-20-7-12-22(13-8-20)23-14-9-21(10-15-23)11-16-24(26)28-17-18-29-25(27)19(2)3/h9-11,14-16,20,22H,2,4-8,12-13,17-18H2,1,3H3/b16-11+. The second-order valence-electron chi connectivity index (χ2n) is 7.94. The molecule has 1 fully saturated rings. The predicted octanol–water partition coefficient (Wildman–Crippen LogP) is 5.83. The van der Waals surface area contributed by atoms with Crippen LogP contribution in [0.2, 0.25) is 0 Å². The number of unbranched alkanes of at least 4 members (excludes halogenated alkanes) is 1. The van der Waals surface area contributed by atoms with Gasteiger partial charge >= 0.3 is 11.9 Å². The largest absolute Gasteiger partial charge is 0.459 e. The Bertz CT molecular complexity index is 694. The van der Waals surface area contributed by atoms with Crippen LogP contribution in [0.25, 0.3) is 6.08 Å². The van der Waals surface area contributed by atoms with Gasteiger partial charge in [-0.3, -0.25) is 0 Å². The summed E-state index contributed by atoms with van der Waals surface area (Å²) in [5, 5.41) is 0. The SMILES string of the molecule is C=C(C)C(=O)OCCOC(=O)/C=C/c1ccc(C2CCC(CCCC)CC2)cc1. The Hall–Kier alpha value is -2.36. The summed E-state index contributed by atoms with van der Waals surface area (Å²) in [6.07, 6.45) is 12.4. The van der Waals surface area contributed by atoms with Gasteiger partial charge in [-0.25, -0.2) is 9.59 Å². The lowest BCUT2D eigenvalue weighted by Gasteiger charge is -2.28. The van der Waals surface area contributed by atoms with E-state index in [4.69, 9.17) is 9.47 Å². The summed E-state index contributed by atoms with van der Waals surface area (Å²) in [4.78, 5) is 23.0. The van der Waals surface area contributed by atoms with Gasteiger partial charge in [0, 0.05) is 11.6 Å². The molecule has 1 aliphatic carbocycles. The summed E-state index contributed by atoms with van der Waals surface area (Å²) in [6, 6.07) is 8.46. The van der Waals surface area contributed by atoms with E-state index in [1.54, 1.807) is 13.0 Å². The number of rotatable bonds is 10. The summed E-state index contributed by atoms with van der Waals surface area (Å²) in [6.45, 7) is 7.38. The van der Waals surface area contributed by atoms with Crippen LogP contribution in [0.5, 0.6) is 0 Å². The lowest BCUT2D eigenvalue weighted by atomic mass is 9.77. The van der Waals surface area contributed by atoms with Gasteiger partial charge in [-0.2, -0.15) is 0 Å². The van der Waals surface area contributed by atoms with E-state index in [2.05, 4.69) is 37.8 Å². The van der Waals surface area contributed by atoms with E-state index < -0.39 is 11.9 Å². The molecule has 1 aliphatic rings. The summed E-state index contributed by atoms with van der Waals surface area (Å²) >= 11 is 0. The molecule has 0 aliphatic heterocycles. The Kier molecular flexibility index (Phi) is 9.69. The minimum Gasteiger partial charge on any atom is -0.459 e. The zero-order valence-electron chi connectivity index (χ0n) is 17.8. The number of ether oxygens (including phenoxy) is 2. The summed E-state index contributed by atoms with van der Waals surface area (Å²) in [5.74, 6) is 0.651. The molecule has 0 bridgehead atoms. The van der Waals surface area contributed by atoms with Gasteiger partial charge in [0.1, 0.15) is 13.2 Å².